The fourth-order valence-electron chi connectivity index (χ4n) is 1.16. The van der Waals surface area contributed by atoms with E-state index in [0.29, 0.717) is 6.54 Å². The van der Waals surface area contributed by atoms with Crippen LogP contribution in [0.4, 0.5) is 0 Å². The third-order valence-corrected chi connectivity index (χ3v) is 2.07. The van der Waals surface area contributed by atoms with Gasteiger partial charge in [-0.25, -0.2) is 0 Å². The Labute approximate surface area is 92.5 Å². The predicted octanol–water partition coefficient (Wildman–Crippen LogP) is -3.26. The average molecular weight is 229 g/mol. The van der Waals surface area contributed by atoms with Crippen molar-refractivity contribution < 1.29 is 30.9 Å². The molecular formula is C10H15NO5. The van der Waals surface area contributed by atoms with E-state index in [2.05, 4.69) is 0 Å². The SMILES string of the molecule is O.O=C([O-])[C@@H](CO)[NH2+]Cc1ccc(O)cc1. The van der Waals surface area contributed by atoms with Crippen LogP contribution >= 0.6 is 0 Å². The van der Waals surface area contributed by atoms with E-state index < -0.39 is 18.6 Å². The van der Waals surface area contributed by atoms with Crippen LogP contribution in [0.15, 0.2) is 24.3 Å². The van der Waals surface area contributed by atoms with Gasteiger partial charge in [0.2, 0.25) is 0 Å². The van der Waals surface area contributed by atoms with E-state index in [1.807, 2.05) is 0 Å². The topological polar surface area (TPSA) is 129 Å². The maximum atomic E-state index is 10.5. The molecule has 90 valence electrons. The van der Waals surface area contributed by atoms with Gasteiger partial charge in [0.15, 0.2) is 0 Å². The number of benzene rings is 1. The van der Waals surface area contributed by atoms with Gasteiger partial charge < -0.3 is 30.9 Å². The number of rotatable bonds is 5. The number of phenolic OH excluding ortho intramolecular Hbond substituents is 1. The second-order valence-electron chi connectivity index (χ2n) is 3.21. The summed E-state index contributed by atoms with van der Waals surface area (Å²) in [6, 6.07) is 5.48. The minimum Gasteiger partial charge on any atom is -0.544 e. The second kappa shape index (κ2) is 6.78. The predicted molar refractivity (Wildman–Crippen MR) is 53.2 cm³/mol. The first-order valence-corrected chi connectivity index (χ1v) is 4.56. The largest absolute Gasteiger partial charge is 0.544 e. The van der Waals surface area contributed by atoms with Crippen molar-refractivity contribution in [2.45, 2.75) is 12.6 Å². The lowest BCUT2D eigenvalue weighted by molar-refractivity contribution is -0.699. The van der Waals surface area contributed by atoms with Crippen molar-refractivity contribution in [1.29, 1.82) is 0 Å². The third-order valence-electron chi connectivity index (χ3n) is 2.07. The van der Waals surface area contributed by atoms with Gasteiger partial charge in [-0.05, 0) is 24.3 Å². The number of aromatic hydroxyl groups is 1. The van der Waals surface area contributed by atoms with Crippen LogP contribution in [-0.4, -0.2) is 34.3 Å². The van der Waals surface area contributed by atoms with E-state index in [4.69, 9.17) is 10.2 Å². The highest BCUT2D eigenvalue weighted by molar-refractivity contribution is 5.69. The lowest BCUT2D eigenvalue weighted by Gasteiger charge is -2.13. The van der Waals surface area contributed by atoms with Crippen molar-refractivity contribution in [3.05, 3.63) is 29.8 Å². The summed E-state index contributed by atoms with van der Waals surface area (Å²) < 4.78 is 0. The molecule has 0 amide bonds. The smallest absolute Gasteiger partial charge is 0.150 e. The van der Waals surface area contributed by atoms with Crippen LogP contribution in [0.1, 0.15) is 5.56 Å². The number of nitrogens with two attached hydrogens (primary N) is 1. The highest BCUT2D eigenvalue weighted by Gasteiger charge is 2.11. The van der Waals surface area contributed by atoms with Crippen LogP contribution < -0.4 is 10.4 Å². The highest BCUT2D eigenvalue weighted by Crippen LogP contribution is 2.08. The number of phenols is 1. The van der Waals surface area contributed by atoms with Crippen LogP contribution in [0.2, 0.25) is 0 Å². The molecule has 0 aliphatic heterocycles. The standard InChI is InChI=1S/C10H13NO4.H2O/c12-6-9(10(14)15)11-5-7-1-3-8(13)4-2-7;/h1-4,9,11-13H,5-6H2,(H,14,15);1H2/t9-;/m1./s1. The van der Waals surface area contributed by atoms with E-state index in [1.54, 1.807) is 12.1 Å². The highest BCUT2D eigenvalue weighted by atomic mass is 16.4. The van der Waals surface area contributed by atoms with Gasteiger partial charge in [-0.15, -0.1) is 0 Å². The molecule has 1 aromatic rings. The van der Waals surface area contributed by atoms with E-state index in [1.165, 1.54) is 17.4 Å². The molecule has 6 N–H and O–H groups in total. The Morgan fingerprint density at radius 2 is 1.94 bits per heavy atom. The van der Waals surface area contributed by atoms with Crippen LogP contribution in [0.3, 0.4) is 0 Å². The first-order chi connectivity index (χ1) is 7.13. The van der Waals surface area contributed by atoms with Crippen molar-refractivity contribution in [2.24, 2.45) is 0 Å². The fourth-order valence-corrected chi connectivity index (χ4v) is 1.16. The summed E-state index contributed by atoms with van der Waals surface area (Å²) >= 11 is 0. The Bertz CT molecular complexity index is 324. The number of hydrogen-bond donors (Lipinski definition) is 3. The number of carbonyl (C=O) groups excluding carboxylic acids is 1. The summed E-state index contributed by atoms with van der Waals surface area (Å²) in [5.41, 5.74) is 0.868. The molecule has 0 spiro atoms. The van der Waals surface area contributed by atoms with Crippen molar-refractivity contribution in [2.75, 3.05) is 6.61 Å². The Hall–Kier alpha value is -1.63. The Kier molecular flexibility index (Phi) is 6.09. The fraction of sp³-hybridized carbons (Fsp3) is 0.300. The van der Waals surface area contributed by atoms with Crippen LogP contribution in [0.5, 0.6) is 5.75 Å². The monoisotopic (exact) mass is 229 g/mol. The zero-order valence-electron chi connectivity index (χ0n) is 8.59. The van der Waals surface area contributed by atoms with Gasteiger partial charge in [0, 0.05) is 5.56 Å². The molecular weight excluding hydrogens is 214 g/mol. The van der Waals surface area contributed by atoms with Gasteiger partial charge in [-0.2, -0.15) is 0 Å². The maximum absolute atomic E-state index is 10.5. The molecule has 0 unspecified atom stereocenters. The van der Waals surface area contributed by atoms with E-state index in [0.717, 1.165) is 5.56 Å². The number of quaternary nitrogens is 1. The Morgan fingerprint density at radius 3 is 2.38 bits per heavy atom. The van der Waals surface area contributed by atoms with Gasteiger partial charge in [-0.3, -0.25) is 0 Å². The molecule has 0 aromatic heterocycles. The van der Waals surface area contributed by atoms with E-state index >= 15 is 0 Å². The number of carboxylic acid groups (broad SMARTS) is 1. The lowest BCUT2D eigenvalue weighted by atomic mass is 10.2. The number of hydrogen-bond acceptors (Lipinski definition) is 4. The summed E-state index contributed by atoms with van der Waals surface area (Å²) in [5, 5.41) is 29.7. The molecule has 16 heavy (non-hydrogen) atoms. The molecule has 0 fully saturated rings. The number of aliphatic hydroxyl groups excluding tert-OH is 1. The summed E-state index contributed by atoms with van der Waals surface area (Å²) in [6.07, 6.45) is 0. The van der Waals surface area contributed by atoms with Crippen molar-refractivity contribution >= 4 is 5.97 Å². The van der Waals surface area contributed by atoms with Gasteiger partial charge in [-0.1, -0.05) is 0 Å². The molecule has 6 heteroatoms. The molecule has 0 radical (unpaired) electrons. The molecule has 1 aromatic carbocycles. The third kappa shape index (κ3) is 4.26. The Morgan fingerprint density at radius 1 is 1.38 bits per heavy atom. The summed E-state index contributed by atoms with van der Waals surface area (Å²) in [7, 11) is 0. The number of aliphatic hydroxyl groups is 1. The molecule has 1 atom stereocenters. The van der Waals surface area contributed by atoms with E-state index in [9.17, 15) is 9.90 Å². The quantitative estimate of drug-likeness (QED) is 0.489. The van der Waals surface area contributed by atoms with Crippen LogP contribution in [0, 0.1) is 0 Å². The Balaban J connectivity index is 0.00000225. The lowest BCUT2D eigenvalue weighted by Crippen LogP contribution is -2.92. The minimum atomic E-state index is -1.28. The molecule has 0 aliphatic rings. The minimum absolute atomic E-state index is 0. The second-order valence-corrected chi connectivity index (χ2v) is 3.21. The van der Waals surface area contributed by atoms with Crippen molar-refractivity contribution in [3.63, 3.8) is 0 Å². The van der Waals surface area contributed by atoms with Crippen LogP contribution in [-0.2, 0) is 11.3 Å². The summed E-state index contributed by atoms with van der Waals surface area (Å²) in [4.78, 5) is 10.5. The van der Waals surface area contributed by atoms with Gasteiger partial charge >= 0.3 is 0 Å². The normalized spacial score (nSPS) is 11.6. The summed E-state index contributed by atoms with van der Waals surface area (Å²) in [6.45, 7) is -0.0418. The first kappa shape index (κ1) is 14.4. The first-order valence-electron chi connectivity index (χ1n) is 4.56. The molecule has 0 aliphatic carbocycles. The molecule has 6 nitrogen and oxygen atoms in total. The molecule has 0 saturated carbocycles. The maximum Gasteiger partial charge on any atom is 0.150 e. The zero-order chi connectivity index (χ0) is 11.3. The zero-order valence-corrected chi connectivity index (χ0v) is 8.59. The number of carbonyl (C=O) groups is 1. The van der Waals surface area contributed by atoms with Gasteiger partial charge in [0.05, 0.1) is 0 Å². The average Bonchev–Trinajstić information content (AvgIpc) is 2.21. The van der Waals surface area contributed by atoms with Crippen LogP contribution in [0.25, 0.3) is 0 Å². The summed E-state index contributed by atoms with van der Waals surface area (Å²) in [5.74, 6) is -1.12. The van der Waals surface area contributed by atoms with Crippen molar-refractivity contribution in [3.8, 4) is 5.75 Å². The molecule has 0 bridgehead atoms. The molecule has 0 saturated heterocycles. The van der Waals surface area contributed by atoms with Crippen molar-refractivity contribution in [1.82, 2.24) is 0 Å². The van der Waals surface area contributed by atoms with Gasteiger partial charge in [0.25, 0.3) is 0 Å². The van der Waals surface area contributed by atoms with E-state index in [-0.39, 0.29) is 11.2 Å². The van der Waals surface area contributed by atoms with Gasteiger partial charge in [0.1, 0.15) is 30.9 Å². The molecule has 0 heterocycles. The number of carboxylic acids is 1. The molecule has 1 rings (SSSR count). The number of aliphatic carboxylic acids is 1.